The molecule has 0 spiro atoms. The molecule has 0 unspecified atom stereocenters. The summed E-state index contributed by atoms with van der Waals surface area (Å²) in [7, 11) is 5.76. The van der Waals surface area contributed by atoms with Crippen LogP contribution in [-0.2, 0) is 9.59 Å². The first kappa shape index (κ1) is 23.3. The van der Waals surface area contributed by atoms with Gasteiger partial charge in [0, 0.05) is 35.1 Å². The van der Waals surface area contributed by atoms with E-state index in [4.69, 9.17) is 12.6 Å². The van der Waals surface area contributed by atoms with Crippen LogP contribution in [0.1, 0.15) is 12.8 Å². The van der Waals surface area contributed by atoms with Gasteiger partial charge in [0.2, 0.25) is 11.8 Å². The Hall–Kier alpha value is -4.47. The van der Waals surface area contributed by atoms with Gasteiger partial charge in [-0.2, -0.15) is 0 Å². The predicted octanol–water partition coefficient (Wildman–Crippen LogP) is 4.16. The highest BCUT2D eigenvalue weighted by Gasteiger charge is 2.56. The van der Waals surface area contributed by atoms with Crippen molar-refractivity contribution >= 4 is 47.4 Å². The fraction of sp³-hybridized carbons (Fsp3) is 0.115. The van der Waals surface area contributed by atoms with Crippen molar-refractivity contribution in [1.29, 1.82) is 0 Å². The van der Waals surface area contributed by atoms with Crippen molar-refractivity contribution in [2.75, 3.05) is 10.6 Å². The van der Waals surface area contributed by atoms with Gasteiger partial charge < -0.3 is 20.5 Å². The van der Waals surface area contributed by atoms with Gasteiger partial charge in [-0.15, -0.1) is 0 Å². The summed E-state index contributed by atoms with van der Waals surface area (Å²) in [6, 6.07) is 13.5. The van der Waals surface area contributed by atoms with Crippen molar-refractivity contribution in [3.8, 4) is 17.2 Å². The molecular formula is C26H18BF2N3O4. The maximum atomic E-state index is 14.9. The number of benzene rings is 3. The number of carbonyl (C=O) groups is 2. The standard InChI is InChI=1S/C26H18BF2N3O4/c27-18-12-17-20(13-21(18)33)30-10-7-22(17)36-23-6-5-16(11-19(23)29)32-25(35)26(8-9-26)24(34)31-15-3-1-14(28)2-4-15/h1-7,10-13,33H,8-9H2,(H,31,34)(H,32,35). The van der Waals surface area contributed by atoms with Gasteiger partial charge in [-0.05, 0) is 55.3 Å². The number of rotatable bonds is 6. The molecule has 2 radical (unpaired) electrons. The number of nitrogens with zero attached hydrogens (tertiary/aromatic N) is 1. The number of carbonyl (C=O) groups excluding carboxylic acids is 2. The highest BCUT2D eigenvalue weighted by atomic mass is 19.1. The average Bonchev–Trinajstić information content (AvgIpc) is 3.66. The molecule has 5 rings (SSSR count). The Labute approximate surface area is 205 Å². The number of aromatic nitrogens is 1. The maximum absolute atomic E-state index is 14.9. The van der Waals surface area contributed by atoms with Gasteiger partial charge in [0.15, 0.2) is 11.6 Å². The minimum Gasteiger partial charge on any atom is -0.509 e. The van der Waals surface area contributed by atoms with Gasteiger partial charge in [-0.3, -0.25) is 14.6 Å². The number of fused-ring (bicyclic) bond motifs is 1. The summed E-state index contributed by atoms with van der Waals surface area (Å²) in [5.74, 6) is -2.23. The summed E-state index contributed by atoms with van der Waals surface area (Å²) >= 11 is 0. The Bertz CT molecular complexity index is 1510. The normalized spacial score (nSPS) is 13.7. The second-order valence-corrected chi connectivity index (χ2v) is 8.48. The van der Waals surface area contributed by atoms with Crippen LogP contribution >= 0.6 is 0 Å². The van der Waals surface area contributed by atoms with Gasteiger partial charge in [0.25, 0.3) is 0 Å². The number of nitrogens with one attached hydrogen (secondary N) is 2. The molecule has 178 valence electrons. The molecule has 0 saturated heterocycles. The van der Waals surface area contributed by atoms with Gasteiger partial charge in [0.1, 0.15) is 30.6 Å². The van der Waals surface area contributed by atoms with E-state index in [-0.39, 0.29) is 28.4 Å². The van der Waals surface area contributed by atoms with Crippen molar-refractivity contribution in [2.24, 2.45) is 5.41 Å². The van der Waals surface area contributed by atoms with Gasteiger partial charge >= 0.3 is 0 Å². The molecule has 0 aliphatic heterocycles. The second kappa shape index (κ2) is 8.96. The quantitative estimate of drug-likeness (QED) is 0.281. The zero-order valence-corrected chi connectivity index (χ0v) is 18.7. The van der Waals surface area contributed by atoms with Gasteiger partial charge in [0.05, 0.1) is 5.52 Å². The number of phenols is 1. The highest BCUT2D eigenvalue weighted by Crippen LogP contribution is 2.47. The average molecular weight is 485 g/mol. The molecule has 3 aromatic carbocycles. The molecule has 1 aliphatic carbocycles. The first-order chi connectivity index (χ1) is 17.2. The monoisotopic (exact) mass is 485 g/mol. The summed E-state index contributed by atoms with van der Waals surface area (Å²) < 4.78 is 33.7. The van der Waals surface area contributed by atoms with Crippen LogP contribution in [0.15, 0.2) is 66.9 Å². The molecular weight excluding hydrogens is 467 g/mol. The third-order valence-corrected chi connectivity index (χ3v) is 5.98. The Kier molecular flexibility index (Phi) is 5.79. The third-order valence-electron chi connectivity index (χ3n) is 5.98. The summed E-state index contributed by atoms with van der Waals surface area (Å²) in [6.07, 6.45) is 2.12. The molecule has 1 aliphatic rings. The van der Waals surface area contributed by atoms with E-state index < -0.39 is 28.9 Å². The minimum atomic E-state index is -1.28. The lowest BCUT2D eigenvalue weighted by Gasteiger charge is -2.16. The molecule has 0 bridgehead atoms. The lowest BCUT2D eigenvalue weighted by Crippen LogP contribution is -2.35. The molecule has 7 nitrogen and oxygen atoms in total. The number of pyridine rings is 1. The third kappa shape index (κ3) is 4.45. The van der Waals surface area contributed by atoms with Crippen LogP contribution in [0.5, 0.6) is 17.2 Å². The number of aromatic hydroxyl groups is 1. The van der Waals surface area contributed by atoms with Crippen molar-refractivity contribution in [2.45, 2.75) is 12.8 Å². The summed E-state index contributed by atoms with van der Waals surface area (Å²) in [5, 5.41) is 15.5. The Morgan fingerprint density at radius 2 is 1.58 bits per heavy atom. The molecule has 1 aromatic heterocycles. The van der Waals surface area contributed by atoms with E-state index in [0.29, 0.717) is 29.4 Å². The van der Waals surface area contributed by atoms with Crippen LogP contribution in [0.3, 0.4) is 0 Å². The number of ether oxygens (including phenoxy) is 1. The van der Waals surface area contributed by atoms with Crippen LogP contribution < -0.4 is 20.8 Å². The Morgan fingerprint density at radius 3 is 2.25 bits per heavy atom. The van der Waals surface area contributed by atoms with E-state index in [1.807, 2.05) is 0 Å². The smallest absolute Gasteiger partial charge is 0.240 e. The number of hydrogen-bond acceptors (Lipinski definition) is 5. The van der Waals surface area contributed by atoms with Gasteiger partial charge in [-0.1, -0.05) is 11.5 Å². The number of halogens is 2. The number of hydrogen-bond donors (Lipinski definition) is 3. The summed E-state index contributed by atoms with van der Waals surface area (Å²) in [4.78, 5) is 29.7. The topological polar surface area (TPSA) is 101 Å². The molecule has 4 aromatic rings. The zero-order chi connectivity index (χ0) is 25.4. The largest absolute Gasteiger partial charge is 0.509 e. The van der Waals surface area contributed by atoms with Crippen molar-refractivity contribution in [3.63, 3.8) is 0 Å². The first-order valence-corrected chi connectivity index (χ1v) is 11.0. The van der Waals surface area contributed by atoms with E-state index in [9.17, 15) is 23.5 Å². The predicted molar refractivity (Wildman–Crippen MR) is 131 cm³/mol. The van der Waals surface area contributed by atoms with Crippen LogP contribution in [-0.4, -0.2) is 29.8 Å². The van der Waals surface area contributed by atoms with Crippen molar-refractivity contribution < 1.29 is 28.2 Å². The fourth-order valence-electron chi connectivity index (χ4n) is 3.76. The molecule has 3 N–H and O–H groups in total. The van der Waals surface area contributed by atoms with Crippen molar-refractivity contribution in [3.05, 3.63) is 78.5 Å². The molecule has 1 heterocycles. The fourth-order valence-corrected chi connectivity index (χ4v) is 3.76. The van der Waals surface area contributed by atoms with E-state index in [2.05, 4.69) is 15.6 Å². The second-order valence-electron chi connectivity index (χ2n) is 8.48. The van der Waals surface area contributed by atoms with Crippen LogP contribution in [0, 0.1) is 17.0 Å². The first-order valence-electron chi connectivity index (χ1n) is 11.0. The summed E-state index contributed by atoms with van der Waals surface area (Å²) in [5.41, 5.74) is -0.219. The van der Waals surface area contributed by atoms with E-state index in [1.54, 1.807) is 0 Å². The summed E-state index contributed by atoms with van der Waals surface area (Å²) in [6.45, 7) is 0. The van der Waals surface area contributed by atoms with Crippen molar-refractivity contribution in [1.82, 2.24) is 4.98 Å². The number of anilines is 2. The number of amides is 2. The zero-order valence-electron chi connectivity index (χ0n) is 18.7. The van der Waals surface area contributed by atoms with Gasteiger partial charge in [-0.25, -0.2) is 8.78 Å². The lowest BCUT2D eigenvalue weighted by atomic mass is 9.93. The van der Waals surface area contributed by atoms with Crippen LogP contribution in [0.4, 0.5) is 20.2 Å². The highest BCUT2D eigenvalue weighted by molar-refractivity contribution is 6.35. The Balaban J connectivity index is 1.30. The van der Waals surface area contributed by atoms with E-state index in [0.717, 1.165) is 6.07 Å². The molecule has 10 heteroatoms. The molecule has 0 atom stereocenters. The molecule has 36 heavy (non-hydrogen) atoms. The number of phenolic OH excluding ortho intramolecular Hbond substituents is 1. The molecule has 1 fully saturated rings. The Morgan fingerprint density at radius 1 is 0.917 bits per heavy atom. The minimum absolute atomic E-state index is 0.109. The molecule has 2 amide bonds. The maximum Gasteiger partial charge on any atom is 0.240 e. The van der Waals surface area contributed by atoms with Crippen LogP contribution in [0.25, 0.3) is 10.9 Å². The van der Waals surface area contributed by atoms with E-state index >= 15 is 0 Å². The SMILES string of the molecule is [B]c1cc2c(Oc3ccc(NC(=O)C4(C(=O)Nc5ccc(F)cc5)CC4)cc3F)ccnc2cc1O. The molecule has 1 saturated carbocycles. The van der Waals surface area contributed by atoms with Crippen LogP contribution in [0.2, 0.25) is 0 Å². The van der Waals surface area contributed by atoms with E-state index in [1.165, 1.54) is 60.8 Å². The lowest BCUT2D eigenvalue weighted by molar-refractivity contribution is -0.131.